The van der Waals surface area contributed by atoms with Crippen molar-refractivity contribution in [1.29, 1.82) is 0 Å². The minimum atomic E-state index is -0.535. The van der Waals surface area contributed by atoms with Gasteiger partial charge in [-0.3, -0.25) is 19.7 Å². The number of hydrogen-bond donors (Lipinski definition) is 0. The molecule has 0 aliphatic heterocycles. The Kier molecular flexibility index (Phi) is 5.17. The molecular weight excluding hydrogens is 248 g/mol. The first-order valence-corrected chi connectivity index (χ1v) is 5.89. The molecule has 0 bridgehead atoms. The van der Waals surface area contributed by atoms with E-state index in [-0.39, 0.29) is 23.8 Å². The normalized spacial score (nSPS) is 10.0. The summed E-state index contributed by atoms with van der Waals surface area (Å²) in [5.74, 6) is -0.220. The fourth-order valence-corrected chi connectivity index (χ4v) is 1.56. The molecule has 0 fully saturated rings. The van der Waals surface area contributed by atoms with Gasteiger partial charge >= 0.3 is 0 Å². The first kappa shape index (κ1) is 14.8. The van der Waals surface area contributed by atoms with Crippen LogP contribution in [0.25, 0.3) is 0 Å². The van der Waals surface area contributed by atoms with Crippen LogP contribution in [0.15, 0.2) is 24.3 Å². The Morgan fingerprint density at radius 1 is 1.26 bits per heavy atom. The van der Waals surface area contributed by atoms with E-state index in [2.05, 4.69) is 0 Å². The lowest BCUT2D eigenvalue weighted by Gasteiger charge is -2.09. The maximum Gasteiger partial charge on any atom is 0.270 e. The minimum Gasteiger partial charge on any atom is -0.349 e. The molecule has 6 heteroatoms. The SMILES string of the molecule is CN(C)C(=O)CCCC(=O)c1cccc([N+](=O)[O-])c1. The average molecular weight is 264 g/mol. The molecule has 0 saturated carbocycles. The molecule has 0 aromatic heterocycles. The van der Waals surface area contributed by atoms with Crippen LogP contribution in [-0.4, -0.2) is 35.6 Å². The van der Waals surface area contributed by atoms with Crippen molar-refractivity contribution in [2.45, 2.75) is 19.3 Å². The van der Waals surface area contributed by atoms with Gasteiger partial charge in [-0.25, -0.2) is 0 Å². The molecule has 1 aromatic rings. The highest BCUT2D eigenvalue weighted by Crippen LogP contribution is 2.15. The third kappa shape index (κ3) is 4.50. The molecule has 0 aliphatic rings. The Labute approximate surface area is 111 Å². The predicted octanol–water partition coefficient (Wildman–Crippen LogP) is 2.04. The van der Waals surface area contributed by atoms with Gasteiger partial charge in [0, 0.05) is 44.6 Å². The number of nitrogens with zero attached hydrogens (tertiary/aromatic N) is 2. The molecule has 1 aromatic carbocycles. The van der Waals surface area contributed by atoms with Gasteiger partial charge in [-0.05, 0) is 6.42 Å². The molecule has 1 amide bonds. The average Bonchev–Trinajstić information content (AvgIpc) is 2.38. The number of rotatable bonds is 6. The molecule has 19 heavy (non-hydrogen) atoms. The van der Waals surface area contributed by atoms with Gasteiger partial charge in [-0.2, -0.15) is 0 Å². The number of Topliss-reactive ketones (excluding diaryl/α,β-unsaturated/α-hetero) is 1. The largest absolute Gasteiger partial charge is 0.349 e. The van der Waals surface area contributed by atoms with Gasteiger partial charge in [0.15, 0.2) is 5.78 Å². The van der Waals surface area contributed by atoms with E-state index >= 15 is 0 Å². The fourth-order valence-electron chi connectivity index (χ4n) is 1.56. The second-order valence-corrected chi connectivity index (χ2v) is 4.37. The maximum atomic E-state index is 11.8. The van der Waals surface area contributed by atoms with Gasteiger partial charge in [-0.1, -0.05) is 12.1 Å². The quantitative estimate of drug-likeness (QED) is 0.447. The van der Waals surface area contributed by atoms with Gasteiger partial charge in [0.2, 0.25) is 5.91 Å². The van der Waals surface area contributed by atoms with E-state index in [1.165, 1.54) is 23.1 Å². The summed E-state index contributed by atoms with van der Waals surface area (Å²) in [6, 6.07) is 5.63. The summed E-state index contributed by atoms with van der Waals surface area (Å²) in [5, 5.41) is 10.6. The molecule has 0 spiro atoms. The van der Waals surface area contributed by atoms with Gasteiger partial charge in [0.1, 0.15) is 0 Å². The Balaban J connectivity index is 2.57. The topological polar surface area (TPSA) is 80.5 Å². The standard InChI is InChI=1S/C13H16N2O4/c1-14(2)13(17)8-4-7-12(16)10-5-3-6-11(9-10)15(18)19/h3,5-6,9H,4,7-8H2,1-2H3. The number of nitro benzene ring substituents is 1. The van der Waals surface area contributed by atoms with Crippen molar-refractivity contribution in [3.8, 4) is 0 Å². The molecule has 0 atom stereocenters. The Morgan fingerprint density at radius 2 is 1.95 bits per heavy atom. The summed E-state index contributed by atoms with van der Waals surface area (Å²) in [6.07, 6.45) is 0.951. The zero-order valence-corrected chi connectivity index (χ0v) is 11.0. The maximum absolute atomic E-state index is 11.8. The zero-order chi connectivity index (χ0) is 14.4. The fraction of sp³-hybridized carbons (Fsp3) is 0.385. The van der Waals surface area contributed by atoms with Crippen LogP contribution in [0.5, 0.6) is 0 Å². The molecule has 0 radical (unpaired) electrons. The summed E-state index contributed by atoms with van der Waals surface area (Å²) in [4.78, 5) is 34.7. The van der Waals surface area contributed by atoms with Gasteiger partial charge in [-0.15, -0.1) is 0 Å². The lowest BCUT2D eigenvalue weighted by atomic mass is 10.0. The second-order valence-electron chi connectivity index (χ2n) is 4.37. The summed E-state index contributed by atoms with van der Waals surface area (Å²) in [6.45, 7) is 0. The predicted molar refractivity (Wildman–Crippen MR) is 70.0 cm³/mol. The molecule has 0 aliphatic carbocycles. The van der Waals surface area contributed by atoms with Crippen LogP contribution in [0.2, 0.25) is 0 Å². The summed E-state index contributed by atoms with van der Waals surface area (Å²) >= 11 is 0. The summed E-state index contributed by atoms with van der Waals surface area (Å²) < 4.78 is 0. The molecule has 1 rings (SSSR count). The van der Waals surface area contributed by atoms with E-state index in [1.807, 2.05) is 0 Å². The number of hydrogen-bond acceptors (Lipinski definition) is 4. The van der Waals surface area contributed by atoms with Crippen molar-refractivity contribution >= 4 is 17.4 Å². The first-order valence-electron chi connectivity index (χ1n) is 5.89. The Morgan fingerprint density at radius 3 is 2.53 bits per heavy atom. The number of amides is 1. The lowest BCUT2D eigenvalue weighted by molar-refractivity contribution is -0.384. The number of benzene rings is 1. The van der Waals surface area contributed by atoms with Crippen molar-refractivity contribution in [1.82, 2.24) is 4.90 Å². The van der Waals surface area contributed by atoms with Crippen LogP contribution in [0.1, 0.15) is 29.6 Å². The molecule has 102 valence electrons. The Bertz CT molecular complexity index is 497. The second kappa shape index (κ2) is 6.63. The highest BCUT2D eigenvalue weighted by Gasteiger charge is 2.12. The number of ketones is 1. The van der Waals surface area contributed by atoms with Crippen molar-refractivity contribution in [2.24, 2.45) is 0 Å². The smallest absolute Gasteiger partial charge is 0.270 e. The highest BCUT2D eigenvalue weighted by atomic mass is 16.6. The summed E-state index contributed by atoms with van der Waals surface area (Å²) in [5.41, 5.74) is 0.210. The Hall–Kier alpha value is -2.24. The summed E-state index contributed by atoms with van der Waals surface area (Å²) in [7, 11) is 3.31. The number of non-ortho nitro benzene ring substituents is 1. The van der Waals surface area contributed by atoms with E-state index < -0.39 is 4.92 Å². The molecule has 0 N–H and O–H groups in total. The zero-order valence-electron chi connectivity index (χ0n) is 11.0. The molecule has 0 saturated heterocycles. The van der Waals surface area contributed by atoms with Crippen molar-refractivity contribution in [3.05, 3.63) is 39.9 Å². The third-order valence-corrected chi connectivity index (χ3v) is 2.67. The van der Waals surface area contributed by atoms with Crippen LogP contribution in [0, 0.1) is 10.1 Å². The molecule has 6 nitrogen and oxygen atoms in total. The van der Waals surface area contributed by atoms with E-state index in [0.717, 1.165) is 0 Å². The van der Waals surface area contributed by atoms with Crippen LogP contribution < -0.4 is 0 Å². The van der Waals surface area contributed by atoms with Crippen LogP contribution in [0.3, 0.4) is 0 Å². The number of nitro groups is 1. The minimum absolute atomic E-state index is 0.0353. The van der Waals surface area contributed by atoms with E-state index in [9.17, 15) is 19.7 Å². The van der Waals surface area contributed by atoms with Crippen LogP contribution in [-0.2, 0) is 4.79 Å². The number of carbonyl (C=O) groups excluding carboxylic acids is 2. The van der Waals surface area contributed by atoms with E-state index in [0.29, 0.717) is 18.4 Å². The van der Waals surface area contributed by atoms with Gasteiger partial charge in [0.05, 0.1) is 4.92 Å². The van der Waals surface area contributed by atoms with Gasteiger partial charge < -0.3 is 4.90 Å². The van der Waals surface area contributed by atoms with Crippen molar-refractivity contribution in [3.63, 3.8) is 0 Å². The number of carbonyl (C=O) groups is 2. The highest BCUT2D eigenvalue weighted by molar-refractivity contribution is 5.96. The lowest BCUT2D eigenvalue weighted by Crippen LogP contribution is -2.21. The van der Waals surface area contributed by atoms with Crippen LogP contribution in [0.4, 0.5) is 5.69 Å². The monoisotopic (exact) mass is 264 g/mol. The molecule has 0 unspecified atom stereocenters. The van der Waals surface area contributed by atoms with E-state index in [4.69, 9.17) is 0 Å². The van der Waals surface area contributed by atoms with Crippen LogP contribution >= 0.6 is 0 Å². The van der Waals surface area contributed by atoms with E-state index in [1.54, 1.807) is 20.2 Å². The van der Waals surface area contributed by atoms with Crippen molar-refractivity contribution in [2.75, 3.05) is 14.1 Å². The molecule has 0 heterocycles. The molecular formula is C13H16N2O4. The van der Waals surface area contributed by atoms with Gasteiger partial charge in [0.25, 0.3) is 5.69 Å². The first-order chi connectivity index (χ1) is 8.91. The third-order valence-electron chi connectivity index (χ3n) is 2.67. The van der Waals surface area contributed by atoms with Crippen molar-refractivity contribution < 1.29 is 14.5 Å².